The Labute approximate surface area is 100 Å². The summed E-state index contributed by atoms with van der Waals surface area (Å²) in [5, 5.41) is 0. The fourth-order valence-corrected chi connectivity index (χ4v) is 2.73. The molecule has 0 amide bonds. The third-order valence-corrected chi connectivity index (χ3v) is 3.68. The smallest absolute Gasteiger partial charge is 0.126 e. The average Bonchev–Trinajstić information content (AvgIpc) is 2.50. The van der Waals surface area contributed by atoms with Crippen molar-refractivity contribution in [3.63, 3.8) is 0 Å². The van der Waals surface area contributed by atoms with Crippen molar-refractivity contribution in [1.29, 1.82) is 0 Å². The van der Waals surface area contributed by atoms with E-state index in [0.29, 0.717) is 0 Å². The normalized spacial score (nSPS) is 18.1. The molecular weight excluding hydrogens is 213 g/mol. The first kappa shape index (κ1) is 10.5. The van der Waals surface area contributed by atoms with Gasteiger partial charge in [-0.25, -0.2) is 4.39 Å². The summed E-state index contributed by atoms with van der Waals surface area (Å²) < 4.78 is 13.8. The molecule has 1 heterocycles. The Bertz CT molecular complexity index is 563. The summed E-state index contributed by atoms with van der Waals surface area (Å²) in [5.74, 6) is 0.155. The molecule has 0 saturated carbocycles. The van der Waals surface area contributed by atoms with E-state index in [1.807, 2.05) is 18.5 Å². The maximum atomic E-state index is 13.8. The third-order valence-electron chi connectivity index (χ3n) is 3.68. The van der Waals surface area contributed by atoms with Gasteiger partial charge in [-0.3, -0.25) is 4.98 Å². The lowest BCUT2D eigenvalue weighted by Crippen LogP contribution is -2.01. The Morgan fingerprint density at radius 1 is 1.18 bits per heavy atom. The predicted octanol–water partition coefficient (Wildman–Crippen LogP) is 3.47. The number of benzene rings is 1. The summed E-state index contributed by atoms with van der Waals surface area (Å²) in [4.78, 5) is 4.19. The van der Waals surface area contributed by atoms with Crippen molar-refractivity contribution in [1.82, 2.24) is 4.98 Å². The molecule has 2 aromatic rings. The van der Waals surface area contributed by atoms with E-state index in [0.717, 1.165) is 24.0 Å². The molecular formula is C15H14FN. The molecule has 0 N–H and O–H groups in total. The molecule has 1 aliphatic carbocycles. The molecule has 86 valence electrons. The Kier molecular flexibility index (Phi) is 2.43. The second kappa shape index (κ2) is 3.95. The number of fused-ring (bicyclic) bond motifs is 2. The van der Waals surface area contributed by atoms with Gasteiger partial charge in [0.15, 0.2) is 0 Å². The molecule has 1 aromatic heterocycles. The minimum absolute atomic E-state index is 0.0740. The summed E-state index contributed by atoms with van der Waals surface area (Å²) in [5.41, 5.74) is 4.51. The molecule has 0 saturated heterocycles. The van der Waals surface area contributed by atoms with E-state index in [-0.39, 0.29) is 11.7 Å². The van der Waals surface area contributed by atoms with Gasteiger partial charge in [0.2, 0.25) is 0 Å². The van der Waals surface area contributed by atoms with Crippen molar-refractivity contribution in [2.75, 3.05) is 0 Å². The Morgan fingerprint density at radius 3 is 2.94 bits per heavy atom. The molecule has 1 aliphatic rings. The first-order valence-electron chi connectivity index (χ1n) is 5.97. The summed E-state index contributed by atoms with van der Waals surface area (Å²) >= 11 is 0. The Balaban J connectivity index is 2.20. The lowest BCUT2D eigenvalue weighted by atomic mass is 9.91. The van der Waals surface area contributed by atoms with Crippen molar-refractivity contribution in [3.8, 4) is 0 Å². The first-order valence-corrected chi connectivity index (χ1v) is 5.97. The average molecular weight is 227 g/mol. The van der Waals surface area contributed by atoms with Gasteiger partial charge in [0, 0.05) is 18.3 Å². The highest BCUT2D eigenvalue weighted by molar-refractivity contribution is 5.43. The van der Waals surface area contributed by atoms with Crippen LogP contribution in [0.1, 0.15) is 35.1 Å². The molecule has 1 nitrogen and oxygen atoms in total. The molecule has 0 radical (unpaired) electrons. The highest BCUT2D eigenvalue weighted by atomic mass is 19.1. The first-order chi connectivity index (χ1) is 8.27. The molecule has 0 fully saturated rings. The maximum Gasteiger partial charge on any atom is 0.126 e. The van der Waals surface area contributed by atoms with Crippen LogP contribution in [0.15, 0.2) is 36.7 Å². The number of pyridine rings is 1. The zero-order valence-corrected chi connectivity index (χ0v) is 9.78. The lowest BCUT2D eigenvalue weighted by molar-refractivity contribution is 0.605. The van der Waals surface area contributed by atoms with E-state index in [2.05, 4.69) is 18.0 Å². The predicted molar refractivity (Wildman–Crippen MR) is 65.6 cm³/mol. The molecule has 1 aromatic carbocycles. The van der Waals surface area contributed by atoms with Crippen molar-refractivity contribution < 1.29 is 4.39 Å². The molecule has 0 bridgehead atoms. The fraction of sp³-hybridized carbons (Fsp3) is 0.267. The van der Waals surface area contributed by atoms with Gasteiger partial charge in [0.25, 0.3) is 0 Å². The molecule has 0 spiro atoms. The fourth-order valence-electron chi connectivity index (χ4n) is 2.73. The Hall–Kier alpha value is -1.70. The maximum absolute atomic E-state index is 13.8. The standard InChI is InChI=1S/C15H14FN/c1-10-12-3-2-4-15(16)13(12)6-5-11-7-8-17-9-14(10)11/h2-4,7-10H,5-6H2,1H3. The minimum Gasteiger partial charge on any atom is -0.264 e. The number of rotatable bonds is 0. The number of hydrogen-bond donors (Lipinski definition) is 0. The van der Waals surface area contributed by atoms with Gasteiger partial charge in [0.1, 0.15) is 5.82 Å². The van der Waals surface area contributed by atoms with Crippen LogP contribution in [0.4, 0.5) is 4.39 Å². The van der Waals surface area contributed by atoms with Crippen molar-refractivity contribution in [2.45, 2.75) is 25.7 Å². The highest BCUT2D eigenvalue weighted by Crippen LogP contribution is 2.34. The second-order valence-electron chi connectivity index (χ2n) is 4.60. The van der Waals surface area contributed by atoms with Crippen LogP contribution in [0.2, 0.25) is 0 Å². The zero-order valence-electron chi connectivity index (χ0n) is 9.78. The van der Waals surface area contributed by atoms with Crippen LogP contribution >= 0.6 is 0 Å². The number of nitrogens with zero attached hydrogens (tertiary/aromatic N) is 1. The number of halogens is 1. The second-order valence-corrected chi connectivity index (χ2v) is 4.60. The van der Waals surface area contributed by atoms with Gasteiger partial charge >= 0.3 is 0 Å². The SMILES string of the molecule is CC1c2cnccc2CCc2c(F)cccc21. The van der Waals surface area contributed by atoms with E-state index in [9.17, 15) is 4.39 Å². The van der Waals surface area contributed by atoms with Crippen LogP contribution in [0, 0.1) is 5.82 Å². The summed E-state index contributed by atoms with van der Waals surface area (Å²) in [6.07, 6.45) is 5.41. The minimum atomic E-state index is -0.0740. The largest absolute Gasteiger partial charge is 0.264 e. The van der Waals surface area contributed by atoms with Gasteiger partial charge in [-0.05, 0) is 47.2 Å². The van der Waals surface area contributed by atoms with Gasteiger partial charge in [0.05, 0.1) is 0 Å². The summed E-state index contributed by atoms with van der Waals surface area (Å²) in [7, 11) is 0. The molecule has 1 unspecified atom stereocenters. The molecule has 3 rings (SSSR count). The van der Waals surface area contributed by atoms with Crippen LogP contribution in [-0.2, 0) is 12.8 Å². The molecule has 2 heteroatoms. The third kappa shape index (κ3) is 1.64. The molecule has 1 atom stereocenters. The van der Waals surface area contributed by atoms with E-state index in [4.69, 9.17) is 0 Å². The molecule has 17 heavy (non-hydrogen) atoms. The lowest BCUT2D eigenvalue weighted by Gasteiger charge is -2.14. The highest BCUT2D eigenvalue weighted by Gasteiger charge is 2.21. The quantitative estimate of drug-likeness (QED) is 0.671. The van der Waals surface area contributed by atoms with Crippen molar-refractivity contribution in [3.05, 3.63) is 64.7 Å². The van der Waals surface area contributed by atoms with Crippen LogP contribution in [0.5, 0.6) is 0 Å². The monoisotopic (exact) mass is 227 g/mol. The van der Waals surface area contributed by atoms with Crippen molar-refractivity contribution in [2.24, 2.45) is 0 Å². The summed E-state index contributed by atoms with van der Waals surface area (Å²) in [6.45, 7) is 2.13. The van der Waals surface area contributed by atoms with Crippen LogP contribution < -0.4 is 0 Å². The van der Waals surface area contributed by atoms with E-state index >= 15 is 0 Å². The van der Waals surface area contributed by atoms with Gasteiger partial charge in [-0.2, -0.15) is 0 Å². The zero-order chi connectivity index (χ0) is 11.8. The number of hydrogen-bond acceptors (Lipinski definition) is 1. The van der Waals surface area contributed by atoms with E-state index in [1.54, 1.807) is 12.1 Å². The van der Waals surface area contributed by atoms with Gasteiger partial charge < -0.3 is 0 Å². The topological polar surface area (TPSA) is 12.9 Å². The van der Waals surface area contributed by atoms with Crippen molar-refractivity contribution >= 4 is 0 Å². The number of aromatic nitrogens is 1. The van der Waals surface area contributed by atoms with Crippen LogP contribution in [0.3, 0.4) is 0 Å². The van der Waals surface area contributed by atoms with E-state index in [1.165, 1.54) is 11.1 Å². The van der Waals surface area contributed by atoms with Gasteiger partial charge in [-0.15, -0.1) is 0 Å². The van der Waals surface area contributed by atoms with Crippen LogP contribution in [-0.4, -0.2) is 4.98 Å². The van der Waals surface area contributed by atoms with Crippen LogP contribution in [0.25, 0.3) is 0 Å². The molecule has 0 aliphatic heterocycles. The van der Waals surface area contributed by atoms with Gasteiger partial charge in [-0.1, -0.05) is 19.1 Å². The van der Waals surface area contributed by atoms with E-state index < -0.39 is 0 Å². The Morgan fingerprint density at radius 2 is 2.06 bits per heavy atom. The number of aryl methyl sites for hydroxylation is 1. The summed E-state index contributed by atoms with van der Waals surface area (Å²) in [6, 6.07) is 7.44.